The number of hydrogen-bond acceptors (Lipinski definition) is 4. The summed E-state index contributed by atoms with van der Waals surface area (Å²) in [5.74, 6) is -0.648. The molecule has 1 aliphatic rings. The molecule has 1 saturated heterocycles. The van der Waals surface area contributed by atoms with Gasteiger partial charge in [0.1, 0.15) is 11.0 Å². The maximum absolute atomic E-state index is 13.2. The van der Waals surface area contributed by atoms with Crippen LogP contribution < -0.4 is 5.32 Å². The fourth-order valence-corrected chi connectivity index (χ4v) is 4.04. The number of carbonyl (C=O) groups excluding carboxylic acids is 2. The van der Waals surface area contributed by atoms with Gasteiger partial charge < -0.3 is 10.2 Å². The molecule has 0 aliphatic carbocycles. The third kappa shape index (κ3) is 4.81. The molecule has 0 bridgehead atoms. The topological polar surface area (TPSA) is 70.5 Å². The predicted octanol–water partition coefficient (Wildman–Crippen LogP) is 3.37. The summed E-state index contributed by atoms with van der Waals surface area (Å²) in [5.41, 5.74) is 2.18. The van der Waals surface area contributed by atoms with Gasteiger partial charge in [0, 0.05) is 31.9 Å². The van der Waals surface area contributed by atoms with Crippen molar-refractivity contribution in [2.24, 2.45) is 0 Å². The van der Waals surface area contributed by atoms with Crippen molar-refractivity contribution in [2.75, 3.05) is 38.0 Å². The molecule has 0 spiro atoms. The van der Waals surface area contributed by atoms with Gasteiger partial charge in [-0.1, -0.05) is 29.8 Å². The van der Waals surface area contributed by atoms with E-state index in [4.69, 9.17) is 11.6 Å². The summed E-state index contributed by atoms with van der Waals surface area (Å²) < 4.78 is 14.7. The molecule has 3 aromatic rings. The summed E-state index contributed by atoms with van der Waals surface area (Å²) in [4.78, 5) is 29.2. The van der Waals surface area contributed by atoms with Gasteiger partial charge in [-0.05, 0) is 43.3 Å². The Bertz CT molecular complexity index is 1110. The van der Waals surface area contributed by atoms with Gasteiger partial charge in [0.2, 0.25) is 5.91 Å². The highest BCUT2D eigenvalue weighted by Crippen LogP contribution is 2.25. The highest BCUT2D eigenvalue weighted by atomic mass is 35.5. The van der Waals surface area contributed by atoms with E-state index in [2.05, 4.69) is 10.4 Å². The van der Waals surface area contributed by atoms with E-state index in [1.165, 1.54) is 16.8 Å². The average molecular weight is 456 g/mol. The summed E-state index contributed by atoms with van der Waals surface area (Å²) in [6.07, 6.45) is 0. The lowest BCUT2D eigenvalue weighted by atomic mass is 10.2. The SMILES string of the molecule is Cc1nn(-c2ccc(F)cc2)c(Cl)c1C(=O)N1CCN(CC(=O)Nc2ccccc2)CC1. The van der Waals surface area contributed by atoms with E-state index >= 15 is 0 Å². The zero-order chi connectivity index (χ0) is 22.7. The van der Waals surface area contributed by atoms with Crippen molar-refractivity contribution in [1.29, 1.82) is 0 Å². The lowest BCUT2D eigenvalue weighted by Gasteiger charge is -2.34. The summed E-state index contributed by atoms with van der Waals surface area (Å²) in [6.45, 7) is 4.11. The number of benzene rings is 2. The van der Waals surface area contributed by atoms with Gasteiger partial charge in [-0.2, -0.15) is 5.10 Å². The number of anilines is 1. The lowest BCUT2D eigenvalue weighted by Crippen LogP contribution is -2.50. The minimum atomic E-state index is -0.361. The number of piperazine rings is 1. The van der Waals surface area contributed by atoms with Crippen molar-refractivity contribution >= 4 is 29.1 Å². The molecule has 166 valence electrons. The summed E-state index contributed by atoms with van der Waals surface area (Å²) in [7, 11) is 0. The van der Waals surface area contributed by atoms with Crippen LogP contribution in [0.1, 0.15) is 16.1 Å². The van der Waals surface area contributed by atoms with Gasteiger partial charge in [0.05, 0.1) is 23.5 Å². The van der Waals surface area contributed by atoms with Crippen LogP contribution in [0.2, 0.25) is 5.15 Å². The molecule has 0 atom stereocenters. The van der Waals surface area contributed by atoms with Crippen molar-refractivity contribution in [3.63, 3.8) is 0 Å². The van der Waals surface area contributed by atoms with Gasteiger partial charge in [0.25, 0.3) is 5.91 Å². The van der Waals surface area contributed by atoms with Crippen LogP contribution >= 0.6 is 11.6 Å². The highest BCUT2D eigenvalue weighted by Gasteiger charge is 2.28. The van der Waals surface area contributed by atoms with Gasteiger partial charge in [0.15, 0.2) is 0 Å². The van der Waals surface area contributed by atoms with E-state index in [0.717, 1.165) is 5.69 Å². The van der Waals surface area contributed by atoms with E-state index in [-0.39, 0.29) is 29.3 Å². The summed E-state index contributed by atoms with van der Waals surface area (Å²) in [5, 5.41) is 7.44. The van der Waals surface area contributed by atoms with Crippen molar-refractivity contribution in [2.45, 2.75) is 6.92 Å². The standard InChI is InChI=1S/C23H23ClFN5O2/c1-16-21(22(24)30(27-16)19-9-7-17(25)8-10-19)23(32)29-13-11-28(12-14-29)15-20(31)26-18-5-3-2-4-6-18/h2-10H,11-15H2,1H3,(H,26,31). The highest BCUT2D eigenvalue weighted by molar-refractivity contribution is 6.33. The van der Waals surface area contributed by atoms with Gasteiger partial charge in [-0.25, -0.2) is 9.07 Å². The van der Waals surface area contributed by atoms with Crippen LogP contribution in [0.4, 0.5) is 10.1 Å². The average Bonchev–Trinajstić information content (AvgIpc) is 3.09. The van der Waals surface area contributed by atoms with Crippen LogP contribution in [0, 0.1) is 12.7 Å². The number of halogens is 2. The summed E-state index contributed by atoms with van der Waals surface area (Å²) >= 11 is 6.49. The number of carbonyl (C=O) groups is 2. The number of hydrogen-bond donors (Lipinski definition) is 1. The van der Waals surface area contributed by atoms with Crippen LogP contribution in [0.3, 0.4) is 0 Å². The molecule has 2 amide bonds. The molecule has 4 rings (SSSR count). The monoisotopic (exact) mass is 455 g/mol. The second-order valence-electron chi connectivity index (χ2n) is 7.62. The Morgan fingerprint density at radius 1 is 1.03 bits per heavy atom. The smallest absolute Gasteiger partial charge is 0.258 e. The van der Waals surface area contributed by atoms with E-state index in [1.807, 2.05) is 35.2 Å². The van der Waals surface area contributed by atoms with Crippen molar-refractivity contribution < 1.29 is 14.0 Å². The van der Waals surface area contributed by atoms with Crippen LogP contribution in [0.5, 0.6) is 0 Å². The maximum Gasteiger partial charge on any atom is 0.258 e. The van der Waals surface area contributed by atoms with Crippen LogP contribution in [-0.4, -0.2) is 64.1 Å². The molecule has 1 fully saturated rings. The molecular formula is C23H23ClFN5O2. The molecule has 2 aromatic carbocycles. The second kappa shape index (κ2) is 9.50. The Kier molecular flexibility index (Phi) is 6.53. The largest absolute Gasteiger partial charge is 0.336 e. The fourth-order valence-electron chi connectivity index (χ4n) is 3.69. The number of aryl methyl sites for hydroxylation is 1. The van der Waals surface area contributed by atoms with E-state index in [1.54, 1.807) is 24.0 Å². The normalized spacial score (nSPS) is 14.4. The Morgan fingerprint density at radius 3 is 2.34 bits per heavy atom. The van der Waals surface area contributed by atoms with Crippen LogP contribution in [0.25, 0.3) is 5.69 Å². The first-order valence-electron chi connectivity index (χ1n) is 10.3. The number of nitrogens with one attached hydrogen (secondary N) is 1. The Balaban J connectivity index is 1.37. The van der Waals surface area contributed by atoms with E-state index < -0.39 is 0 Å². The molecule has 0 saturated carbocycles. The van der Waals surface area contributed by atoms with Crippen molar-refractivity contribution in [3.05, 3.63) is 76.8 Å². The van der Waals surface area contributed by atoms with Crippen molar-refractivity contribution in [3.8, 4) is 5.69 Å². The van der Waals surface area contributed by atoms with Gasteiger partial charge >= 0.3 is 0 Å². The molecule has 2 heterocycles. The number of amides is 2. The third-order valence-corrected chi connectivity index (χ3v) is 5.72. The summed E-state index contributed by atoms with van der Waals surface area (Å²) in [6, 6.07) is 15.1. The Labute approximate surface area is 190 Å². The number of aromatic nitrogens is 2. The first kappa shape index (κ1) is 22.0. The molecule has 1 N–H and O–H groups in total. The van der Waals surface area contributed by atoms with Gasteiger partial charge in [-0.15, -0.1) is 0 Å². The second-order valence-corrected chi connectivity index (χ2v) is 7.98. The quantitative estimate of drug-likeness (QED) is 0.640. The molecule has 0 unspecified atom stereocenters. The molecule has 1 aliphatic heterocycles. The fraction of sp³-hybridized carbons (Fsp3) is 0.261. The molecule has 9 heteroatoms. The Hall–Kier alpha value is -3.23. The Morgan fingerprint density at radius 2 is 1.69 bits per heavy atom. The zero-order valence-corrected chi connectivity index (χ0v) is 18.3. The number of rotatable bonds is 5. The van der Waals surface area contributed by atoms with E-state index in [9.17, 15) is 14.0 Å². The molecule has 1 aromatic heterocycles. The molecule has 32 heavy (non-hydrogen) atoms. The minimum absolute atomic E-state index is 0.0876. The molecular weight excluding hydrogens is 433 g/mol. The lowest BCUT2D eigenvalue weighted by molar-refractivity contribution is -0.117. The molecule has 7 nitrogen and oxygen atoms in total. The maximum atomic E-state index is 13.2. The molecule has 0 radical (unpaired) electrons. The zero-order valence-electron chi connectivity index (χ0n) is 17.6. The van der Waals surface area contributed by atoms with E-state index in [0.29, 0.717) is 43.1 Å². The minimum Gasteiger partial charge on any atom is -0.336 e. The first-order chi connectivity index (χ1) is 15.4. The third-order valence-electron chi connectivity index (χ3n) is 5.37. The van der Waals surface area contributed by atoms with Gasteiger partial charge in [-0.3, -0.25) is 14.5 Å². The van der Waals surface area contributed by atoms with Crippen molar-refractivity contribution in [1.82, 2.24) is 19.6 Å². The van der Waals surface area contributed by atoms with Crippen LogP contribution in [0.15, 0.2) is 54.6 Å². The number of nitrogens with zero attached hydrogens (tertiary/aromatic N) is 4. The number of para-hydroxylation sites is 1. The first-order valence-corrected chi connectivity index (χ1v) is 10.7. The predicted molar refractivity (Wildman–Crippen MR) is 121 cm³/mol. The van der Waals surface area contributed by atoms with Crippen LogP contribution in [-0.2, 0) is 4.79 Å².